The number of alkyl carbamates (subject to hydrolysis) is 1. The molecule has 0 aliphatic carbocycles. The zero-order chi connectivity index (χ0) is 23.5. The summed E-state index contributed by atoms with van der Waals surface area (Å²) >= 11 is 0. The van der Waals surface area contributed by atoms with E-state index < -0.39 is 42.1 Å². The molecular weight excluding hydrogens is 420 g/mol. The van der Waals surface area contributed by atoms with Gasteiger partial charge in [-0.15, -0.1) is 0 Å². The van der Waals surface area contributed by atoms with Crippen molar-refractivity contribution in [2.75, 3.05) is 0 Å². The summed E-state index contributed by atoms with van der Waals surface area (Å²) in [6.07, 6.45) is -1.94. The highest BCUT2D eigenvalue weighted by Crippen LogP contribution is 2.11. The number of ether oxygens (including phenoxy) is 1. The van der Waals surface area contributed by atoms with Crippen LogP contribution in [0.4, 0.5) is 4.79 Å². The zero-order valence-electron chi connectivity index (χ0n) is 16.9. The monoisotopic (exact) mass is 442 g/mol. The first-order valence-corrected chi connectivity index (χ1v) is 9.56. The molecule has 168 valence electrons. The standard InChI is InChI=1S/C22H22N2O8/c25-16-8-6-14(7-9-16)12-18(21(29)30)23-20(28)17(10-11-19(26)27)24-22(31)32-13-15-4-2-1-3-5-15/h1-9,17,25H,10-13H2,(H,24,31)(H,26,27)(H,29,30)/t17-/m0/s1. The van der Waals surface area contributed by atoms with Crippen LogP contribution in [0.3, 0.4) is 0 Å². The minimum absolute atomic E-state index is 0.00871. The second-order valence-electron chi connectivity index (χ2n) is 6.74. The van der Waals surface area contributed by atoms with Crippen molar-refractivity contribution in [1.29, 1.82) is 0 Å². The molecule has 0 spiro atoms. The van der Waals surface area contributed by atoms with Crippen LogP contribution >= 0.6 is 0 Å². The van der Waals surface area contributed by atoms with Gasteiger partial charge < -0.3 is 25.4 Å². The number of carbonyl (C=O) groups excluding carboxylic acids is 2. The summed E-state index contributed by atoms with van der Waals surface area (Å²) in [6, 6.07) is 13.0. The summed E-state index contributed by atoms with van der Waals surface area (Å²) in [5, 5.41) is 29.9. The molecule has 4 N–H and O–H groups in total. The molecule has 0 radical (unpaired) electrons. The van der Waals surface area contributed by atoms with Crippen LogP contribution in [0, 0.1) is 0 Å². The highest BCUT2D eigenvalue weighted by molar-refractivity contribution is 6.37. The maximum Gasteiger partial charge on any atom is 0.408 e. The number of carbonyl (C=O) groups is 4. The first kappa shape index (κ1) is 24.1. The summed E-state index contributed by atoms with van der Waals surface area (Å²) in [5.41, 5.74) is 0.686. The quantitative estimate of drug-likeness (QED) is 0.407. The summed E-state index contributed by atoms with van der Waals surface area (Å²) in [7, 11) is 0. The molecule has 0 aliphatic rings. The molecule has 0 fully saturated rings. The average Bonchev–Trinajstić information content (AvgIpc) is 2.76. The molecule has 2 amide bonds. The number of aliphatic carboxylic acids is 2. The molecule has 0 saturated heterocycles. The first-order valence-electron chi connectivity index (χ1n) is 9.56. The normalized spacial score (nSPS) is 11.9. The van der Waals surface area contributed by atoms with E-state index in [0.717, 1.165) is 0 Å². The first-order chi connectivity index (χ1) is 15.2. The van der Waals surface area contributed by atoms with E-state index in [2.05, 4.69) is 10.3 Å². The molecule has 0 aromatic heterocycles. The van der Waals surface area contributed by atoms with Gasteiger partial charge in [-0.05, 0) is 29.7 Å². The number of phenolic OH excluding ortho intramolecular Hbond substituents is 1. The van der Waals surface area contributed by atoms with Gasteiger partial charge in [-0.2, -0.15) is 0 Å². The minimum Gasteiger partial charge on any atom is -0.508 e. The highest BCUT2D eigenvalue weighted by atomic mass is 16.5. The van der Waals surface area contributed by atoms with Gasteiger partial charge in [0.25, 0.3) is 5.91 Å². The molecule has 0 heterocycles. The Hall–Kier alpha value is -4.21. The molecular formula is C22H22N2O8. The Bertz CT molecular complexity index is 987. The maximum absolute atomic E-state index is 12.6. The molecule has 0 unspecified atom stereocenters. The van der Waals surface area contributed by atoms with E-state index in [9.17, 15) is 29.4 Å². The van der Waals surface area contributed by atoms with E-state index in [4.69, 9.17) is 9.84 Å². The molecule has 10 heteroatoms. The fourth-order valence-corrected chi connectivity index (χ4v) is 2.61. The van der Waals surface area contributed by atoms with Crippen LogP contribution in [-0.4, -0.2) is 51.0 Å². The van der Waals surface area contributed by atoms with E-state index in [1.54, 1.807) is 30.3 Å². The molecule has 10 nitrogen and oxygen atoms in total. The summed E-state index contributed by atoms with van der Waals surface area (Å²) in [5.74, 6) is -3.67. The Morgan fingerprint density at radius 3 is 2.19 bits per heavy atom. The van der Waals surface area contributed by atoms with Gasteiger partial charge in [0.15, 0.2) is 0 Å². The predicted molar refractivity (Wildman–Crippen MR) is 112 cm³/mol. The lowest BCUT2D eigenvalue weighted by atomic mass is 10.1. The van der Waals surface area contributed by atoms with Crippen LogP contribution < -0.4 is 5.32 Å². The second kappa shape index (κ2) is 11.8. The number of rotatable bonds is 10. The summed E-state index contributed by atoms with van der Waals surface area (Å²) in [4.78, 5) is 50.7. The number of amides is 2. The van der Waals surface area contributed by atoms with Crippen molar-refractivity contribution >= 4 is 29.7 Å². The van der Waals surface area contributed by atoms with Crippen LogP contribution in [0.15, 0.2) is 59.6 Å². The van der Waals surface area contributed by atoms with Gasteiger partial charge in [-0.25, -0.2) is 14.6 Å². The molecule has 2 rings (SSSR count). The molecule has 0 saturated carbocycles. The van der Waals surface area contributed by atoms with Crippen LogP contribution in [-0.2, 0) is 32.1 Å². The van der Waals surface area contributed by atoms with Gasteiger partial charge in [0.2, 0.25) is 0 Å². The number of nitrogens with zero attached hydrogens (tertiary/aromatic N) is 1. The van der Waals surface area contributed by atoms with Gasteiger partial charge in [-0.3, -0.25) is 9.59 Å². The Morgan fingerprint density at radius 1 is 0.938 bits per heavy atom. The predicted octanol–water partition coefficient (Wildman–Crippen LogP) is 2.15. The lowest BCUT2D eigenvalue weighted by Crippen LogP contribution is -2.41. The van der Waals surface area contributed by atoms with Crippen LogP contribution in [0.5, 0.6) is 5.75 Å². The van der Waals surface area contributed by atoms with Crippen molar-refractivity contribution in [3.05, 3.63) is 65.7 Å². The number of benzene rings is 2. The summed E-state index contributed by atoms with van der Waals surface area (Å²) in [6.45, 7) is -0.0724. The van der Waals surface area contributed by atoms with E-state index in [1.165, 1.54) is 24.3 Å². The Kier molecular flexibility index (Phi) is 8.91. The number of hydrogen-bond acceptors (Lipinski definition) is 6. The smallest absolute Gasteiger partial charge is 0.408 e. The van der Waals surface area contributed by atoms with Crippen LogP contribution in [0.2, 0.25) is 0 Å². The SMILES string of the molecule is O=C(O)CC[C@H](NC(=O)OCc1ccccc1)C(=O)N=C(Cc1ccc(O)cc1)C(=O)O. The Balaban J connectivity index is 2.10. The van der Waals surface area contributed by atoms with Crippen molar-refractivity contribution in [2.45, 2.75) is 31.9 Å². The number of carboxylic acid groups (broad SMARTS) is 2. The van der Waals surface area contributed by atoms with Gasteiger partial charge in [0, 0.05) is 12.8 Å². The van der Waals surface area contributed by atoms with Crippen LogP contribution in [0.25, 0.3) is 0 Å². The Morgan fingerprint density at radius 2 is 1.59 bits per heavy atom. The molecule has 2 aromatic rings. The third-order valence-electron chi connectivity index (χ3n) is 4.25. The maximum atomic E-state index is 12.6. The fraction of sp³-hybridized carbons (Fsp3) is 0.227. The van der Waals surface area contributed by atoms with Crippen LogP contribution in [0.1, 0.15) is 24.0 Å². The number of nitrogens with one attached hydrogen (secondary N) is 1. The number of phenols is 1. The average molecular weight is 442 g/mol. The number of carboxylic acids is 2. The van der Waals surface area contributed by atoms with E-state index in [-0.39, 0.29) is 25.2 Å². The molecule has 32 heavy (non-hydrogen) atoms. The van der Waals surface area contributed by atoms with Crippen molar-refractivity contribution in [3.63, 3.8) is 0 Å². The van der Waals surface area contributed by atoms with Gasteiger partial charge in [-0.1, -0.05) is 42.5 Å². The van der Waals surface area contributed by atoms with E-state index in [0.29, 0.717) is 11.1 Å². The third-order valence-corrected chi connectivity index (χ3v) is 4.25. The van der Waals surface area contributed by atoms with Crippen molar-refractivity contribution in [2.24, 2.45) is 4.99 Å². The minimum atomic E-state index is -1.45. The molecule has 0 aliphatic heterocycles. The second-order valence-corrected chi connectivity index (χ2v) is 6.74. The van der Waals surface area contributed by atoms with Gasteiger partial charge >= 0.3 is 18.0 Å². The lowest BCUT2D eigenvalue weighted by molar-refractivity contribution is -0.137. The lowest BCUT2D eigenvalue weighted by Gasteiger charge is -2.15. The Labute approximate surface area is 183 Å². The number of hydrogen-bond donors (Lipinski definition) is 4. The number of aromatic hydroxyl groups is 1. The topological polar surface area (TPSA) is 163 Å². The van der Waals surface area contributed by atoms with Gasteiger partial charge in [0.1, 0.15) is 24.1 Å². The van der Waals surface area contributed by atoms with Crippen molar-refractivity contribution in [1.82, 2.24) is 5.32 Å². The van der Waals surface area contributed by atoms with E-state index in [1.807, 2.05) is 0 Å². The largest absolute Gasteiger partial charge is 0.508 e. The highest BCUT2D eigenvalue weighted by Gasteiger charge is 2.24. The molecule has 1 atom stereocenters. The summed E-state index contributed by atoms with van der Waals surface area (Å²) < 4.78 is 5.04. The molecule has 2 aromatic carbocycles. The number of aliphatic imine (C=N–C) groups is 1. The molecule has 0 bridgehead atoms. The van der Waals surface area contributed by atoms with Crippen molar-refractivity contribution < 1.29 is 39.2 Å². The van der Waals surface area contributed by atoms with Crippen molar-refractivity contribution in [3.8, 4) is 5.75 Å². The van der Waals surface area contributed by atoms with Gasteiger partial charge in [0.05, 0.1) is 0 Å². The zero-order valence-corrected chi connectivity index (χ0v) is 16.9. The fourth-order valence-electron chi connectivity index (χ4n) is 2.61. The third kappa shape index (κ3) is 8.27. The van der Waals surface area contributed by atoms with E-state index >= 15 is 0 Å².